The van der Waals surface area contributed by atoms with E-state index in [2.05, 4.69) is 5.32 Å². The molecule has 0 radical (unpaired) electrons. The third-order valence-electron chi connectivity index (χ3n) is 4.03. The molecular weight excluding hydrogens is 423 g/mol. The van der Waals surface area contributed by atoms with Crippen molar-refractivity contribution in [3.63, 3.8) is 0 Å². The van der Waals surface area contributed by atoms with Crippen LogP contribution in [-0.2, 0) is 16.1 Å². The van der Waals surface area contributed by atoms with E-state index in [1.54, 1.807) is 31.2 Å². The van der Waals surface area contributed by atoms with Gasteiger partial charge in [-0.2, -0.15) is 0 Å². The van der Waals surface area contributed by atoms with Gasteiger partial charge in [0, 0.05) is 23.1 Å². The van der Waals surface area contributed by atoms with Gasteiger partial charge in [0.1, 0.15) is 11.8 Å². The van der Waals surface area contributed by atoms with Crippen molar-refractivity contribution in [1.82, 2.24) is 10.2 Å². The number of hydrogen-bond acceptors (Lipinski definition) is 3. The largest absolute Gasteiger partial charge is 0.482 e. The fourth-order valence-corrected chi connectivity index (χ4v) is 3.09. The summed E-state index contributed by atoms with van der Waals surface area (Å²) in [4.78, 5) is 26.6. The Morgan fingerprint density at radius 2 is 1.71 bits per heavy atom. The summed E-state index contributed by atoms with van der Waals surface area (Å²) in [6.07, 6.45) is 0. The quantitative estimate of drug-likeness (QED) is 0.650. The van der Waals surface area contributed by atoms with Crippen LogP contribution in [0.3, 0.4) is 0 Å². The number of likely N-dealkylation sites (N-methyl/N-ethyl adjacent to an activating group) is 1. The maximum atomic E-state index is 12.8. The van der Waals surface area contributed by atoms with Gasteiger partial charge in [0.2, 0.25) is 5.91 Å². The molecule has 2 aromatic rings. The van der Waals surface area contributed by atoms with E-state index in [4.69, 9.17) is 39.5 Å². The highest BCUT2D eigenvalue weighted by Gasteiger charge is 2.26. The van der Waals surface area contributed by atoms with Gasteiger partial charge in [0.05, 0.1) is 5.02 Å². The lowest BCUT2D eigenvalue weighted by atomic mass is 10.1. The molecule has 2 aromatic carbocycles. The number of amides is 2. The average molecular weight is 444 g/mol. The van der Waals surface area contributed by atoms with E-state index in [1.165, 1.54) is 11.0 Å². The molecule has 150 valence electrons. The highest BCUT2D eigenvalue weighted by molar-refractivity contribution is 6.35. The number of carbonyl (C=O) groups is 2. The third kappa shape index (κ3) is 6.30. The lowest BCUT2D eigenvalue weighted by molar-refractivity contribution is -0.142. The van der Waals surface area contributed by atoms with Crippen LogP contribution < -0.4 is 10.1 Å². The summed E-state index contributed by atoms with van der Waals surface area (Å²) in [5.74, 6) is -0.245. The summed E-state index contributed by atoms with van der Waals surface area (Å²) in [6.45, 7) is 3.95. The van der Waals surface area contributed by atoms with Gasteiger partial charge in [-0.3, -0.25) is 9.59 Å². The lowest BCUT2D eigenvalue weighted by Crippen LogP contribution is -2.49. The molecule has 5 nitrogen and oxygen atoms in total. The Morgan fingerprint density at radius 1 is 1.07 bits per heavy atom. The van der Waals surface area contributed by atoms with Gasteiger partial charge in [-0.15, -0.1) is 0 Å². The number of benzene rings is 2. The Labute approximate surface area is 179 Å². The Balaban J connectivity index is 2.15. The summed E-state index contributed by atoms with van der Waals surface area (Å²) in [5.41, 5.74) is 0.846. The van der Waals surface area contributed by atoms with E-state index >= 15 is 0 Å². The van der Waals surface area contributed by atoms with E-state index in [-0.39, 0.29) is 25.0 Å². The fourth-order valence-electron chi connectivity index (χ4n) is 2.51. The molecule has 2 amide bonds. The van der Waals surface area contributed by atoms with Crippen LogP contribution in [0.25, 0.3) is 0 Å². The van der Waals surface area contributed by atoms with Gasteiger partial charge in [0.25, 0.3) is 5.91 Å². The highest BCUT2D eigenvalue weighted by atomic mass is 35.5. The van der Waals surface area contributed by atoms with E-state index < -0.39 is 6.04 Å². The van der Waals surface area contributed by atoms with Crippen molar-refractivity contribution in [3.05, 3.63) is 63.1 Å². The Bertz CT molecular complexity index is 828. The lowest BCUT2D eigenvalue weighted by Gasteiger charge is -2.28. The van der Waals surface area contributed by atoms with Crippen LogP contribution in [0.1, 0.15) is 19.4 Å². The Morgan fingerprint density at radius 3 is 2.32 bits per heavy atom. The van der Waals surface area contributed by atoms with Gasteiger partial charge in [-0.25, -0.2) is 0 Å². The summed E-state index contributed by atoms with van der Waals surface area (Å²) < 4.78 is 5.55. The summed E-state index contributed by atoms with van der Waals surface area (Å²) in [6, 6.07) is 11.2. The number of carbonyl (C=O) groups excluding carboxylic acids is 2. The second kappa shape index (κ2) is 10.6. The zero-order valence-electron chi connectivity index (χ0n) is 15.5. The molecule has 0 bridgehead atoms. The maximum absolute atomic E-state index is 12.8. The van der Waals surface area contributed by atoms with Gasteiger partial charge in [0.15, 0.2) is 6.61 Å². The highest BCUT2D eigenvalue weighted by Crippen LogP contribution is 2.27. The second-order valence-electron chi connectivity index (χ2n) is 6.08. The molecule has 1 N–H and O–H groups in total. The van der Waals surface area contributed by atoms with Gasteiger partial charge < -0.3 is 15.0 Å². The second-order valence-corrected chi connectivity index (χ2v) is 7.36. The molecule has 28 heavy (non-hydrogen) atoms. The number of rotatable bonds is 8. The molecule has 0 aliphatic heterocycles. The first-order valence-electron chi connectivity index (χ1n) is 8.71. The van der Waals surface area contributed by atoms with Crippen molar-refractivity contribution in [2.24, 2.45) is 0 Å². The first kappa shape index (κ1) is 22.3. The molecule has 0 aromatic heterocycles. The normalized spacial score (nSPS) is 11.6. The molecule has 0 aliphatic carbocycles. The van der Waals surface area contributed by atoms with Crippen molar-refractivity contribution >= 4 is 46.6 Å². The Hall–Kier alpha value is -1.95. The fraction of sp³-hybridized carbons (Fsp3) is 0.300. The molecule has 0 aliphatic rings. The van der Waals surface area contributed by atoms with Crippen LogP contribution in [0, 0.1) is 0 Å². The molecule has 8 heteroatoms. The molecule has 0 unspecified atom stereocenters. The summed E-state index contributed by atoms with van der Waals surface area (Å²) >= 11 is 17.9. The van der Waals surface area contributed by atoms with Gasteiger partial charge in [-0.05, 0) is 49.7 Å². The minimum atomic E-state index is -0.674. The summed E-state index contributed by atoms with van der Waals surface area (Å²) in [5, 5.41) is 4.11. The predicted molar refractivity (Wildman–Crippen MR) is 112 cm³/mol. The van der Waals surface area contributed by atoms with E-state index in [9.17, 15) is 9.59 Å². The van der Waals surface area contributed by atoms with E-state index in [0.29, 0.717) is 27.4 Å². The minimum absolute atomic E-state index is 0.241. The van der Waals surface area contributed by atoms with Crippen LogP contribution in [0.15, 0.2) is 42.5 Å². The van der Waals surface area contributed by atoms with Crippen molar-refractivity contribution in [3.8, 4) is 5.75 Å². The van der Waals surface area contributed by atoms with E-state index in [1.807, 2.05) is 19.1 Å². The molecule has 0 heterocycles. The molecule has 2 rings (SSSR count). The minimum Gasteiger partial charge on any atom is -0.482 e. The standard InChI is InChI=1S/C20H21Cl3N2O3/c1-3-24-20(27)13(2)25(11-14-4-6-15(21)7-5-14)19(26)12-28-18-9-8-16(22)10-17(18)23/h4-10,13H,3,11-12H2,1-2H3,(H,24,27)/t13-/m1/s1. The molecule has 1 atom stereocenters. The molecular formula is C20H21Cl3N2O3. The van der Waals surface area contributed by atoms with Gasteiger partial charge in [-0.1, -0.05) is 46.9 Å². The monoisotopic (exact) mass is 442 g/mol. The number of nitrogens with one attached hydrogen (secondary N) is 1. The van der Waals surface area contributed by atoms with Gasteiger partial charge >= 0.3 is 0 Å². The van der Waals surface area contributed by atoms with Crippen molar-refractivity contribution in [2.45, 2.75) is 26.4 Å². The van der Waals surface area contributed by atoms with Crippen LogP contribution in [0.2, 0.25) is 15.1 Å². The smallest absolute Gasteiger partial charge is 0.261 e. The topological polar surface area (TPSA) is 58.6 Å². The zero-order valence-corrected chi connectivity index (χ0v) is 17.8. The molecule has 0 fully saturated rings. The number of hydrogen-bond donors (Lipinski definition) is 1. The van der Waals surface area contributed by atoms with Crippen molar-refractivity contribution < 1.29 is 14.3 Å². The zero-order chi connectivity index (χ0) is 20.7. The number of halogens is 3. The average Bonchev–Trinajstić information content (AvgIpc) is 2.66. The first-order valence-corrected chi connectivity index (χ1v) is 9.84. The maximum Gasteiger partial charge on any atom is 0.261 e. The van der Waals surface area contributed by atoms with Crippen molar-refractivity contribution in [1.29, 1.82) is 0 Å². The number of ether oxygens (including phenoxy) is 1. The number of nitrogens with zero attached hydrogens (tertiary/aromatic N) is 1. The predicted octanol–water partition coefficient (Wildman–Crippen LogP) is 4.58. The Kier molecular flexibility index (Phi) is 8.42. The summed E-state index contributed by atoms with van der Waals surface area (Å²) in [7, 11) is 0. The third-order valence-corrected chi connectivity index (χ3v) is 4.81. The first-order chi connectivity index (χ1) is 13.3. The van der Waals surface area contributed by atoms with Crippen LogP contribution in [-0.4, -0.2) is 35.9 Å². The van der Waals surface area contributed by atoms with Crippen LogP contribution >= 0.6 is 34.8 Å². The molecule has 0 saturated heterocycles. The molecule has 0 saturated carbocycles. The van der Waals surface area contributed by atoms with E-state index in [0.717, 1.165) is 5.56 Å². The van der Waals surface area contributed by atoms with Crippen LogP contribution in [0.4, 0.5) is 0 Å². The SMILES string of the molecule is CCNC(=O)[C@@H](C)N(Cc1ccc(Cl)cc1)C(=O)COc1ccc(Cl)cc1Cl. The van der Waals surface area contributed by atoms with Crippen molar-refractivity contribution in [2.75, 3.05) is 13.2 Å². The molecule has 0 spiro atoms. The van der Waals surface area contributed by atoms with Crippen LogP contribution in [0.5, 0.6) is 5.75 Å².